The Kier molecular flexibility index (Phi) is 6.27. The van der Waals surface area contributed by atoms with Gasteiger partial charge < -0.3 is 19.9 Å². The van der Waals surface area contributed by atoms with E-state index in [1.807, 2.05) is 42.5 Å². The number of aliphatic carboxylic acids is 1. The second-order valence-electron chi connectivity index (χ2n) is 10.1. The molecule has 0 radical (unpaired) electrons. The molecule has 186 valence electrons. The summed E-state index contributed by atoms with van der Waals surface area (Å²) in [5.41, 5.74) is 2.97. The van der Waals surface area contributed by atoms with Crippen LogP contribution in [0.1, 0.15) is 39.5 Å². The Bertz CT molecular complexity index is 1390. The number of aliphatic hydroxyl groups is 1. The van der Waals surface area contributed by atoms with Crippen LogP contribution in [-0.2, 0) is 4.79 Å². The second-order valence-corrected chi connectivity index (χ2v) is 10.5. The van der Waals surface area contributed by atoms with Gasteiger partial charge in [0.2, 0.25) is 0 Å². The van der Waals surface area contributed by atoms with Crippen LogP contribution in [0.4, 0.5) is 0 Å². The average molecular weight is 505 g/mol. The van der Waals surface area contributed by atoms with Gasteiger partial charge in [0, 0.05) is 11.6 Å². The fourth-order valence-corrected chi connectivity index (χ4v) is 5.17. The molecule has 2 aromatic carbocycles. The Hall–Kier alpha value is -3.35. The van der Waals surface area contributed by atoms with E-state index in [4.69, 9.17) is 21.3 Å². The zero-order chi connectivity index (χ0) is 25.5. The fraction of sp³-hybridized carbons (Fsp3) is 0.310. The summed E-state index contributed by atoms with van der Waals surface area (Å²) in [6, 6.07) is 22.1. The molecule has 5 rings (SSSR count). The van der Waals surface area contributed by atoms with Crippen LogP contribution in [0.15, 0.2) is 66.7 Å². The number of nitrogens with zero attached hydrogens (tertiary/aromatic N) is 1. The number of fused-ring (bicyclic) bond motifs is 1. The van der Waals surface area contributed by atoms with Crippen molar-refractivity contribution in [3.8, 4) is 28.3 Å². The molecule has 0 unspecified atom stereocenters. The van der Waals surface area contributed by atoms with Crippen LogP contribution < -0.4 is 4.74 Å². The van der Waals surface area contributed by atoms with Crippen LogP contribution in [0.2, 0.25) is 5.02 Å². The number of carboxylic acid groups (broad SMARTS) is 1. The molecule has 0 aliphatic heterocycles. The van der Waals surface area contributed by atoms with Crippen molar-refractivity contribution < 1.29 is 19.7 Å². The first-order valence-corrected chi connectivity index (χ1v) is 12.5. The van der Waals surface area contributed by atoms with E-state index in [2.05, 4.69) is 29.2 Å². The smallest absolute Gasteiger partial charge is 0.312 e. The number of benzene rings is 2. The van der Waals surface area contributed by atoms with Gasteiger partial charge in [-0.25, -0.2) is 4.98 Å². The number of aromatic nitrogens is 2. The number of aromatic amines is 1. The SMILES string of the molecule is CC(C)(C(=O)O)C1(O)CCC(Oc2cc3nc(-c4ccc(-c5ccccc5)cc4)c(Cl)cc3[nH]2)CC1. The van der Waals surface area contributed by atoms with Crippen LogP contribution in [0.5, 0.6) is 5.88 Å². The van der Waals surface area contributed by atoms with Gasteiger partial charge >= 0.3 is 5.97 Å². The van der Waals surface area contributed by atoms with Crippen LogP contribution in [0.25, 0.3) is 33.4 Å². The number of pyridine rings is 1. The minimum atomic E-state index is -1.25. The van der Waals surface area contributed by atoms with Crippen molar-refractivity contribution in [3.63, 3.8) is 0 Å². The molecule has 0 atom stereocenters. The predicted octanol–water partition coefficient (Wildman–Crippen LogP) is 6.71. The van der Waals surface area contributed by atoms with Crippen molar-refractivity contribution in [2.75, 3.05) is 0 Å². The van der Waals surface area contributed by atoms with Crippen molar-refractivity contribution >= 4 is 28.6 Å². The standard InChI is InChI=1S/C29H29ClN2O4/c1-28(2,27(33)34)29(35)14-12-21(13-15-29)36-25-17-24-23(31-25)16-22(30)26(32-24)20-10-8-19(9-11-20)18-6-4-3-5-7-18/h3-11,16-17,21,31,35H,12-15H2,1-2H3,(H,33,34). The van der Waals surface area contributed by atoms with E-state index < -0.39 is 17.0 Å². The van der Waals surface area contributed by atoms with Crippen molar-refractivity contribution in [1.82, 2.24) is 9.97 Å². The predicted molar refractivity (Wildman–Crippen MR) is 141 cm³/mol. The number of H-pyrrole nitrogens is 1. The molecule has 3 N–H and O–H groups in total. The summed E-state index contributed by atoms with van der Waals surface area (Å²) in [5, 5.41) is 21.0. The monoisotopic (exact) mass is 504 g/mol. The van der Waals surface area contributed by atoms with Gasteiger partial charge in [-0.15, -0.1) is 0 Å². The lowest BCUT2D eigenvalue weighted by Crippen LogP contribution is -2.52. The first kappa shape index (κ1) is 24.3. The molecule has 7 heteroatoms. The first-order valence-electron chi connectivity index (χ1n) is 12.1. The highest BCUT2D eigenvalue weighted by Gasteiger charge is 2.50. The molecule has 1 saturated carbocycles. The van der Waals surface area contributed by atoms with Crippen LogP contribution in [0.3, 0.4) is 0 Å². The Morgan fingerprint density at radius 2 is 1.64 bits per heavy atom. The zero-order valence-corrected chi connectivity index (χ0v) is 21.0. The highest BCUT2D eigenvalue weighted by Crippen LogP contribution is 2.43. The molecule has 0 spiro atoms. The molecular formula is C29H29ClN2O4. The lowest BCUT2D eigenvalue weighted by Gasteiger charge is -2.44. The van der Waals surface area contributed by atoms with E-state index in [-0.39, 0.29) is 6.10 Å². The number of hydrogen-bond donors (Lipinski definition) is 3. The van der Waals surface area contributed by atoms with Gasteiger partial charge in [-0.2, -0.15) is 0 Å². The number of nitrogens with one attached hydrogen (secondary N) is 1. The highest BCUT2D eigenvalue weighted by molar-refractivity contribution is 6.33. The number of carbonyl (C=O) groups is 1. The molecule has 1 aliphatic carbocycles. The second kappa shape index (κ2) is 9.26. The highest BCUT2D eigenvalue weighted by atomic mass is 35.5. The van der Waals surface area contributed by atoms with Crippen molar-refractivity contribution in [2.24, 2.45) is 5.41 Å². The number of hydrogen-bond acceptors (Lipinski definition) is 4. The quantitative estimate of drug-likeness (QED) is 0.271. The molecule has 2 aromatic heterocycles. The first-order chi connectivity index (χ1) is 17.2. The van der Waals surface area contributed by atoms with Gasteiger partial charge in [0.15, 0.2) is 5.88 Å². The maximum absolute atomic E-state index is 11.6. The third kappa shape index (κ3) is 4.47. The molecule has 0 bridgehead atoms. The number of rotatable bonds is 6. The van der Waals surface area contributed by atoms with Gasteiger partial charge in [0.25, 0.3) is 0 Å². The number of ether oxygens (including phenoxy) is 1. The molecule has 4 aromatic rings. The largest absolute Gasteiger partial charge is 0.481 e. The van der Waals surface area contributed by atoms with Crippen molar-refractivity contribution in [2.45, 2.75) is 51.2 Å². The van der Waals surface area contributed by atoms with Gasteiger partial charge in [-0.1, -0.05) is 66.2 Å². The molecule has 0 saturated heterocycles. The Morgan fingerprint density at radius 3 is 2.28 bits per heavy atom. The van der Waals surface area contributed by atoms with Crippen LogP contribution >= 0.6 is 11.6 Å². The summed E-state index contributed by atoms with van der Waals surface area (Å²) >= 11 is 6.60. The van der Waals surface area contributed by atoms with Crippen molar-refractivity contribution in [1.29, 1.82) is 0 Å². The lowest BCUT2D eigenvalue weighted by atomic mass is 9.66. The normalized spacial score (nSPS) is 20.4. The summed E-state index contributed by atoms with van der Waals surface area (Å²) in [6.07, 6.45) is 1.74. The summed E-state index contributed by atoms with van der Waals surface area (Å²) in [4.78, 5) is 19.6. The summed E-state index contributed by atoms with van der Waals surface area (Å²) in [7, 11) is 0. The average Bonchev–Trinajstić information content (AvgIpc) is 3.26. The van der Waals surface area contributed by atoms with E-state index >= 15 is 0 Å². The maximum Gasteiger partial charge on any atom is 0.312 e. The van der Waals surface area contributed by atoms with Crippen LogP contribution in [0, 0.1) is 5.41 Å². The van der Waals surface area contributed by atoms with E-state index in [0.717, 1.165) is 27.7 Å². The number of carboxylic acids is 1. The molecule has 36 heavy (non-hydrogen) atoms. The van der Waals surface area contributed by atoms with Gasteiger partial charge in [-0.3, -0.25) is 4.79 Å². The minimum Gasteiger partial charge on any atom is -0.481 e. The minimum absolute atomic E-state index is 0.122. The van der Waals surface area contributed by atoms with E-state index in [1.165, 1.54) is 0 Å². The van der Waals surface area contributed by atoms with E-state index in [9.17, 15) is 15.0 Å². The molecule has 1 fully saturated rings. The Balaban J connectivity index is 1.32. The lowest BCUT2D eigenvalue weighted by molar-refractivity contribution is -0.171. The van der Waals surface area contributed by atoms with E-state index in [1.54, 1.807) is 13.8 Å². The molecule has 1 aliphatic rings. The fourth-order valence-electron chi connectivity index (χ4n) is 4.91. The van der Waals surface area contributed by atoms with Crippen molar-refractivity contribution in [3.05, 3.63) is 71.8 Å². The Labute approximate surface area is 214 Å². The third-order valence-corrected chi connectivity index (χ3v) is 7.84. The number of halogens is 1. The molecular weight excluding hydrogens is 476 g/mol. The van der Waals surface area contributed by atoms with Gasteiger partial charge in [0.1, 0.15) is 6.10 Å². The third-order valence-electron chi connectivity index (χ3n) is 7.55. The zero-order valence-electron chi connectivity index (χ0n) is 20.3. The van der Waals surface area contributed by atoms with Gasteiger partial charge in [-0.05, 0) is 56.7 Å². The van der Waals surface area contributed by atoms with E-state index in [0.29, 0.717) is 42.3 Å². The topological polar surface area (TPSA) is 95.4 Å². The maximum atomic E-state index is 11.6. The molecule has 0 amide bonds. The molecule has 6 nitrogen and oxygen atoms in total. The Morgan fingerprint density at radius 1 is 1.03 bits per heavy atom. The summed E-state index contributed by atoms with van der Waals surface area (Å²) in [5.74, 6) is -0.411. The molecule has 2 heterocycles. The van der Waals surface area contributed by atoms with Crippen LogP contribution in [-0.4, -0.2) is 37.9 Å². The van der Waals surface area contributed by atoms with Gasteiger partial charge in [0.05, 0.1) is 32.8 Å². The summed E-state index contributed by atoms with van der Waals surface area (Å²) < 4.78 is 6.16. The summed E-state index contributed by atoms with van der Waals surface area (Å²) in [6.45, 7) is 3.16.